The fourth-order valence-corrected chi connectivity index (χ4v) is 2.14. The van der Waals surface area contributed by atoms with Gasteiger partial charge in [0.1, 0.15) is 11.5 Å². The number of carbonyl (C=O) groups is 2. The Morgan fingerprint density at radius 2 is 1.68 bits per heavy atom. The Hall–Kier alpha value is -1.75. The molecule has 122 valence electrons. The van der Waals surface area contributed by atoms with E-state index in [4.69, 9.17) is 21.1 Å². The lowest BCUT2D eigenvalue weighted by molar-refractivity contribution is -0.140. The number of ketones is 1. The maximum absolute atomic E-state index is 12.3. The maximum atomic E-state index is 12.3. The highest BCUT2D eigenvalue weighted by atomic mass is 35.5. The summed E-state index contributed by atoms with van der Waals surface area (Å²) in [6, 6.07) is 3.18. The fourth-order valence-electron chi connectivity index (χ4n) is 1.92. The molecule has 0 amide bonds. The van der Waals surface area contributed by atoms with Crippen molar-refractivity contribution in [3.05, 3.63) is 22.7 Å². The van der Waals surface area contributed by atoms with Crippen LogP contribution in [0.3, 0.4) is 0 Å². The van der Waals surface area contributed by atoms with E-state index in [2.05, 4.69) is 4.74 Å². The molecule has 0 bridgehead atoms. The van der Waals surface area contributed by atoms with Crippen molar-refractivity contribution in [2.45, 2.75) is 33.1 Å². The SMILES string of the molecule is CCOc1cc(OCC)c(C(=O)CCCC(=O)OC)cc1Cl. The van der Waals surface area contributed by atoms with Gasteiger partial charge in [-0.1, -0.05) is 11.6 Å². The Bertz CT molecular complexity index is 528. The topological polar surface area (TPSA) is 61.8 Å². The van der Waals surface area contributed by atoms with E-state index in [-0.39, 0.29) is 24.6 Å². The Labute approximate surface area is 135 Å². The van der Waals surface area contributed by atoms with E-state index in [1.165, 1.54) is 7.11 Å². The largest absolute Gasteiger partial charge is 0.493 e. The molecule has 1 aromatic carbocycles. The normalized spacial score (nSPS) is 10.2. The molecule has 0 spiro atoms. The molecule has 0 aliphatic rings. The standard InChI is InChI=1S/C16H21ClO5/c1-4-21-14-10-15(22-5-2)12(17)9-11(14)13(18)7-6-8-16(19)20-3/h9-10H,4-8H2,1-3H3. The highest BCUT2D eigenvalue weighted by Gasteiger charge is 2.17. The first-order valence-corrected chi connectivity index (χ1v) is 7.60. The van der Waals surface area contributed by atoms with Crippen molar-refractivity contribution in [3.63, 3.8) is 0 Å². The minimum atomic E-state index is -0.331. The quantitative estimate of drug-likeness (QED) is 0.511. The zero-order valence-corrected chi connectivity index (χ0v) is 13.9. The number of benzene rings is 1. The van der Waals surface area contributed by atoms with Crippen LogP contribution in [0.2, 0.25) is 5.02 Å². The van der Waals surface area contributed by atoms with Gasteiger partial charge in [-0.3, -0.25) is 9.59 Å². The van der Waals surface area contributed by atoms with Crippen molar-refractivity contribution in [2.75, 3.05) is 20.3 Å². The second-order valence-corrected chi connectivity index (χ2v) is 4.90. The Balaban J connectivity index is 2.88. The van der Waals surface area contributed by atoms with E-state index in [9.17, 15) is 9.59 Å². The molecule has 1 rings (SSSR count). The van der Waals surface area contributed by atoms with Gasteiger partial charge < -0.3 is 14.2 Å². The van der Waals surface area contributed by atoms with E-state index >= 15 is 0 Å². The number of carbonyl (C=O) groups excluding carboxylic acids is 2. The number of methoxy groups -OCH3 is 1. The van der Waals surface area contributed by atoms with Gasteiger partial charge in [0.2, 0.25) is 0 Å². The average molecular weight is 329 g/mol. The van der Waals surface area contributed by atoms with Crippen LogP contribution >= 0.6 is 11.6 Å². The Morgan fingerprint density at radius 1 is 1.05 bits per heavy atom. The number of ether oxygens (including phenoxy) is 3. The van der Waals surface area contributed by atoms with Crippen LogP contribution < -0.4 is 9.47 Å². The predicted octanol–water partition coefficient (Wildman–Crippen LogP) is 3.66. The summed E-state index contributed by atoms with van der Waals surface area (Å²) in [4.78, 5) is 23.4. The minimum Gasteiger partial charge on any atom is -0.493 e. The molecule has 0 atom stereocenters. The summed E-state index contributed by atoms with van der Waals surface area (Å²) in [6.07, 6.45) is 0.846. The van der Waals surface area contributed by atoms with Crippen LogP contribution in [0.4, 0.5) is 0 Å². The maximum Gasteiger partial charge on any atom is 0.305 e. The number of hydrogen-bond acceptors (Lipinski definition) is 5. The second kappa shape index (κ2) is 9.30. The molecule has 0 aliphatic carbocycles. The molecule has 0 heterocycles. The summed E-state index contributed by atoms with van der Waals surface area (Å²) < 4.78 is 15.4. The summed E-state index contributed by atoms with van der Waals surface area (Å²) >= 11 is 6.12. The van der Waals surface area contributed by atoms with Gasteiger partial charge in [0.15, 0.2) is 5.78 Å². The molecule has 0 saturated carbocycles. The molecule has 5 nitrogen and oxygen atoms in total. The number of halogens is 1. The van der Waals surface area contributed by atoms with Gasteiger partial charge in [-0.25, -0.2) is 0 Å². The van der Waals surface area contributed by atoms with Crippen molar-refractivity contribution in [1.29, 1.82) is 0 Å². The third-order valence-electron chi connectivity index (χ3n) is 2.95. The zero-order chi connectivity index (χ0) is 16.5. The van der Waals surface area contributed by atoms with Crippen molar-refractivity contribution >= 4 is 23.4 Å². The molecular weight excluding hydrogens is 308 g/mol. The summed E-state index contributed by atoms with van der Waals surface area (Å²) in [6.45, 7) is 4.58. The molecule has 6 heteroatoms. The molecule has 22 heavy (non-hydrogen) atoms. The highest BCUT2D eigenvalue weighted by molar-refractivity contribution is 6.32. The van der Waals surface area contributed by atoms with Crippen LogP contribution in [0.5, 0.6) is 11.5 Å². The smallest absolute Gasteiger partial charge is 0.305 e. The number of esters is 1. The van der Waals surface area contributed by atoms with Crippen molar-refractivity contribution in [1.82, 2.24) is 0 Å². The molecule has 0 saturated heterocycles. The molecule has 0 aromatic heterocycles. The Kier molecular flexibility index (Phi) is 7.74. The number of Topliss-reactive ketones (excluding diaryl/α,β-unsaturated/α-hetero) is 1. The average Bonchev–Trinajstić information content (AvgIpc) is 2.50. The first-order chi connectivity index (χ1) is 10.5. The lowest BCUT2D eigenvalue weighted by atomic mass is 10.0. The first-order valence-electron chi connectivity index (χ1n) is 7.22. The van der Waals surface area contributed by atoms with Gasteiger partial charge in [0.25, 0.3) is 0 Å². The summed E-state index contributed by atoms with van der Waals surface area (Å²) in [5, 5.41) is 0.363. The monoisotopic (exact) mass is 328 g/mol. The van der Waals surface area contributed by atoms with Gasteiger partial charge in [0.05, 0.1) is 30.9 Å². The zero-order valence-electron chi connectivity index (χ0n) is 13.1. The van der Waals surface area contributed by atoms with Crippen LogP contribution in [0.15, 0.2) is 12.1 Å². The van der Waals surface area contributed by atoms with Crippen molar-refractivity contribution < 1.29 is 23.8 Å². The van der Waals surface area contributed by atoms with Crippen LogP contribution in [-0.4, -0.2) is 32.1 Å². The molecule has 0 unspecified atom stereocenters. The van der Waals surface area contributed by atoms with Gasteiger partial charge >= 0.3 is 5.97 Å². The molecular formula is C16H21ClO5. The fraction of sp³-hybridized carbons (Fsp3) is 0.500. The number of hydrogen-bond donors (Lipinski definition) is 0. The van der Waals surface area contributed by atoms with E-state index in [1.807, 2.05) is 13.8 Å². The Morgan fingerprint density at radius 3 is 2.27 bits per heavy atom. The number of rotatable bonds is 9. The molecule has 0 fully saturated rings. The van der Waals surface area contributed by atoms with Crippen LogP contribution in [0, 0.1) is 0 Å². The summed E-state index contributed by atoms with van der Waals surface area (Å²) in [7, 11) is 1.32. The van der Waals surface area contributed by atoms with Crippen LogP contribution in [0.1, 0.15) is 43.5 Å². The van der Waals surface area contributed by atoms with Crippen molar-refractivity contribution in [2.24, 2.45) is 0 Å². The molecule has 0 aliphatic heterocycles. The van der Waals surface area contributed by atoms with Crippen LogP contribution in [0.25, 0.3) is 0 Å². The van der Waals surface area contributed by atoms with E-state index < -0.39 is 0 Å². The lowest BCUT2D eigenvalue weighted by Crippen LogP contribution is -2.07. The van der Waals surface area contributed by atoms with Crippen LogP contribution in [-0.2, 0) is 9.53 Å². The molecule has 1 aromatic rings. The second-order valence-electron chi connectivity index (χ2n) is 4.50. The molecule has 0 radical (unpaired) electrons. The van der Waals surface area contributed by atoms with Gasteiger partial charge in [-0.05, 0) is 26.3 Å². The summed E-state index contributed by atoms with van der Waals surface area (Å²) in [5.41, 5.74) is 0.403. The van der Waals surface area contributed by atoms with Gasteiger partial charge in [0, 0.05) is 18.9 Å². The lowest BCUT2D eigenvalue weighted by Gasteiger charge is -2.13. The molecule has 0 N–H and O–H groups in total. The summed E-state index contributed by atoms with van der Waals surface area (Å²) in [5.74, 6) is 0.469. The van der Waals surface area contributed by atoms with Crippen molar-refractivity contribution in [3.8, 4) is 11.5 Å². The van der Waals surface area contributed by atoms with Gasteiger partial charge in [-0.2, -0.15) is 0 Å². The predicted molar refractivity (Wildman–Crippen MR) is 84.0 cm³/mol. The third kappa shape index (κ3) is 5.22. The van der Waals surface area contributed by atoms with E-state index in [1.54, 1.807) is 12.1 Å². The van der Waals surface area contributed by atoms with E-state index in [0.29, 0.717) is 41.7 Å². The minimum absolute atomic E-state index is 0.127. The van der Waals surface area contributed by atoms with E-state index in [0.717, 1.165) is 0 Å². The van der Waals surface area contributed by atoms with Gasteiger partial charge in [-0.15, -0.1) is 0 Å². The first kappa shape index (κ1) is 18.3. The highest BCUT2D eigenvalue weighted by Crippen LogP contribution is 2.34. The third-order valence-corrected chi connectivity index (χ3v) is 3.24.